The lowest BCUT2D eigenvalue weighted by Gasteiger charge is -2.27. The van der Waals surface area contributed by atoms with Gasteiger partial charge in [-0.25, -0.2) is 15.0 Å². The van der Waals surface area contributed by atoms with E-state index in [0.717, 1.165) is 34.3 Å². The van der Waals surface area contributed by atoms with Crippen LogP contribution in [0.3, 0.4) is 0 Å². The van der Waals surface area contributed by atoms with E-state index in [9.17, 15) is 0 Å². The van der Waals surface area contributed by atoms with Gasteiger partial charge in [-0.15, -0.1) is 0 Å². The van der Waals surface area contributed by atoms with Gasteiger partial charge >= 0.3 is 0 Å². The lowest BCUT2D eigenvalue weighted by Crippen LogP contribution is -2.32. The third-order valence-corrected chi connectivity index (χ3v) is 5.76. The summed E-state index contributed by atoms with van der Waals surface area (Å²) in [5, 5.41) is 3.33. The first-order valence-corrected chi connectivity index (χ1v) is 12.1. The number of nitrogens with two attached hydrogens (primary N) is 1. The molecule has 0 radical (unpaired) electrons. The number of anilines is 1. The number of aryl methyl sites for hydroxylation is 1. The first-order valence-electron chi connectivity index (χ1n) is 12.1. The van der Waals surface area contributed by atoms with Gasteiger partial charge in [0.25, 0.3) is 0 Å². The van der Waals surface area contributed by atoms with Crippen LogP contribution in [-0.4, -0.2) is 30.5 Å². The van der Waals surface area contributed by atoms with Crippen LogP contribution in [0.5, 0.6) is 0 Å². The molecule has 0 amide bonds. The van der Waals surface area contributed by atoms with Crippen LogP contribution in [0.15, 0.2) is 30.9 Å². The van der Waals surface area contributed by atoms with Crippen LogP contribution in [0, 0.1) is 12.8 Å². The second kappa shape index (κ2) is 13.1. The van der Waals surface area contributed by atoms with Crippen molar-refractivity contribution >= 4 is 17.0 Å². The summed E-state index contributed by atoms with van der Waals surface area (Å²) >= 11 is 0. The molecule has 3 aromatic heterocycles. The van der Waals surface area contributed by atoms with Gasteiger partial charge in [-0.3, -0.25) is 4.98 Å². The van der Waals surface area contributed by atoms with E-state index in [4.69, 9.17) is 5.73 Å². The molecule has 176 valence electrons. The molecular formula is C25H41N7. The summed E-state index contributed by atoms with van der Waals surface area (Å²) in [7, 11) is 0. The fourth-order valence-corrected chi connectivity index (χ4v) is 3.96. The molecule has 3 aromatic rings. The average molecular weight is 440 g/mol. The Bertz CT molecular complexity index is 921. The number of pyridine rings is 1. The molecule has 3 heterocycles. The van der Waals surface area contributed by atoms with Crippen LogP contribution in [-0.2, 0) is 6.54 Å². The maximum Gasteiger partial charge on any atom is 0.165 e. The largest absolute Gasteiger partial charge is 0.364 e. The summed E-state index contributed by atoms with van der Waals surface area (Å²) in [6, 6.07) is 4.78. The van der Waals surface area contributed by atoms with Crippen molar-refractivity contribution in [2.24, 2.45) is 11.7 Å². The summed E-state index contributed by atoms with van der Waals surface area (Å²) in [5.74, 6) is 2.33. The molecule has 2 atom stereocenters. The van der Waals surface area contributed by atoms with Crippen molar-refractivity contribution in [2.45, 2.75) is 92.3 Å². The third-order valence-electron chi connectivity index (χ3n) is 5.76. The Kier molecular flexibility index (Phi) is 10.5. The minimum atomic E-state index is 0.315. The predicted molar refractivity (Wildman–Crippen MR) is 134 cm³/mol. The van der Waals surface area contributed by atoms with Gasteiger partial charge in [-0.2, -0.15) is 0 Å². The standard InChI is InChI=1S/C15H18N6.C8H17N.C2H6/c1-10(2)21-9-18-13-14(19-11(3)20-15(13)21)17-8-12-5-4-6-16-7-12;1-2-7-5-3-4-6-8(7)9;1-2/h4-7,9-10H,8H2,1-3H3,(H,17,19,20);7-8H,2-6,9H2,1H3;1-2H3. The Morgan fingerprint density at radius 2 is 1.94 bits per heavy atom. The molecule has 0 aromatic carbocycles. The van der Waals surface area contributed by atoms with Gasteiger partial charge in [0.1, 0.15) is 11.3 Å². The number of nitrogens with zero attached hydrogens (tertiary/aromatic N) is 5. The summed E-state index contributed by atoms with van der Waals surface area (Å²) < 4.78 is 2.05. The summed E-state index contributed by atoms with van der Waals surface area (Å²) in [6.07, 6.45) is 12.1. The van der Waals surface area contributed by atoms with E-state index < -0.39 is 0 Å². The lowest BCUT2D eigenvalue weighted by atomic mass is 9.84. The molecular weight excluding hydrogens is 398 g/mol. The Balaban J connectivity index is 0.000000277. The number of aromatic nitrogens is 5. The van der Waals surface area contributed by atoms with Crippen molar-refractivity contribution in [3.05, 3.63) is 42.2 Å². The third kappa shape index (κ3) is 6.99. The number of imidazole rings is 1. The molecule has 1 fully saturated rings. The van der Waals surface area contributed by atoms with Crippen LogP contribution >= 0.6 is 0 Å². The summed E-state index contributed by atoms with van der Waals surface area (Å²) in [6.45, 7) is 13.0. The molecule has 7 nitrogen and oxygen atoms in total. The molecule has 2 unspecified atom stereocenters. The molecule has 0 aliphatic heterocycles. The number of nitrogens with one attached hydrogen (secondary N) is 1. The first-order chi connectivity index (χ1) is 15.5. The van der Waals surface area contributed by atoms with E-state index in [0.29, 0.717) is 18.6 Å². The van der Waals surface area contributed by atoms with Gasteiger partial charge in [0.05, 0.1) is 6.33 Å². The van der Waals surface area contributed by atoms with Crippen molar-refractivity contribution in [2.75, 3.05) is 5.32 Å². The zero-order valence-corrected chi connectivity index (χ0v) is 20.7. The Morgan fingerprint density at radius 1 is 1.19 bits per heavy atom. The minimum absolute atomic E-state index is 0.315. The van der Waals surface area contributed by atoms with E-state index in [-0.39, 0.29) is 0 Å². The topological polar surface area (TPSA) is 94.5 Å². The summed E-state index contributed by atoms with van der Waals surface area (Å²) in [4.78, 5) is 17.5. The Hall–Kier alpha value is -2.54. The number of fused-ring (bicyclic) bond motifs is 1. The molecule has 0 bridgehead atoms. The lowest BCUT2D eigenvalue weighted by molar-refractivity contribution is 0.300. The number of rotatable bonds is 5. The second-order valence-corrected chi connectivity index (χ2v) is 8.37. The van der Waals surface area contributed by atoms with E-state index >= 15 is 0 Å². The van der Waals surface area contributed by atoms with E-state index in [1.165, 1.54) is 32.1 Å². The van der Waals surface area contributed by atoms with Crippen LogP contribution in [0.4, 0.5) is 5.82 Å². The molecule has 3 N–H and O–H groups in total. The van der Waals surface area contributed by atoms with E-state index in [1.54, 1.807) is 6.20 Å². The second-order valence-electron chi connectivity index (χ2n) is 8.37. The van der Waals surface area contributed by atoms with Gasteiger partial charge in [0.2, 0.25) is 0 Å². The van der Waals surface area contributed by atoms with Crippen molar-refractivity contribution in [3.8, 4) is 0 Å². The zero-order chi connectivity index (χ0) is 23.5. The highest BCUT2D eigenvalue weighted by atomic mass is 15.2. The van der Waals surface area contributed by atoms with Crippen LogP contribution in [0.1, 0.15) is 84.2 Å². The van der Waals surface area contributed by atoms with E-state index in [2.05, 4.69) is 50.6 Å². The molecule has 1 aliphatic rings. The van der Waals surface area contributed by atoms with Gasteiger partial charge in [-0.1, -0.05) is 46.1 Å². The van der Waals surface area contributed by atoms with Gasteiger partial charge < -0.3 is 15.6 Å². The average Bonchev–Trinajstić information content (AvgIpc) is 3.24. The maximum absolute atomic E-state index is 5.89. The smallest absolute Gasteiger partial charge is 0.165 e. The fourth-order valence-electron chi connectivity index (χ4n) is 3.96. The monoisotopic (exact) mass is 439 g/mol. The Labute approximate surface area is 193 Å². The van der Waals surface area contributed by atoms with Crippen LogP contribution in [0.2, 0.25) is 0 Å². The van der Waals surface area contributed by atoms with E-state index in [1.807, 2.05) is 45.4 Å². The van der Waals surface area contributed by atoms with Gasteiger partial charge in [-0.05, 0) is 51.2 Å². The number of hydrogen-bond acceptors (Lipinski definition) is 6. The van der Waals surface area contributed by atoms with Crippen molar-refractivity contribution in [1.82, 2.24) is 24.5 Å². The quantitative estimate of drug-likeness (QED) is 0.532. The van der Waals surface area contributed by atoms with Gasteiger partial charge in [0.15, 0.2) is 11.5 Å². The summed E-state index contributed by atoms with van der Waals surface area (Å²) in [5.41, 5.74) is 8.66. The molecule has 0 spiro atoms. The normalized spacial score (nSPS) is 17.9. The van der Waals surface area contributed by atoms with Crippen molar-refractivity contribution in [3.63, 3.8) is 0 Å². The van der Waals surface area contributed by atoms with Crippen LogP contribution < -0.4 is 11.1 Å². The molecule has 1 saturated carbocycles. The Morgan fingerprint density at radius 3 is 2.53 bits per heavy atom. The van der Waals surface area contributed by atoms with Crippen molar-refractivity contribution in [1.29, 1.82) is 0 Å². The highest BCUT2D eigenvalue weighted by molar-refractivity contribution is 5.83. The van der Waals surface area contributed by atoms with Crippen molar-refractivity contribution < 1.29 is 0 Å². The fraction of sp³-hybridized carbons (Fsp3) is 0.600. The molecule has 7 heteroatoms. The highest BCUT2D eigenvalue weighted by Crippen LogP contribution is 2.25. The zero-order valence-electron chi connectivity index (χ0n) is 20.7. The molecule has 32 heavy (non-hydrogen) atoms. The SMILES string of the molecule is CC.CCC1CCCCC1N.Cc1nc(NCc2cccnc2)c2ncn(C(C)C)c2n1. The maximum atomic E-state index is 5.89. The van der Waals surface area contributed by atoms with Crippen LogP contribution in [0.25, 0.3) is 11.2 Å². The predicted octanol–water partition coefficient (Wildman–Crippen LogP) is 5.66. The number of hydrogen-bond donors (Lipinski definition) is 2. The highest BCUT2D eigenvalue weighted by Gasteiger charge is 2.19. The molecule has 4 rings (SSSR count). The first kappa shape index (κ1) is 25.7. The minimum Gasteiger partial charge on any atom is -0.364 e. The molecule has 0 saturated heterocycles. The van der Waals surface area contributed by atoms with Gasteiger partial charge in [0, 0.05) is 31.0 Å². The molecule has 1 aliphatic carbocycles.